The molecule has 0 radical (unpaired) electrons. The summed E-state index contributed by atoms with van der Waals surface area (Å²) in [6, 6.07) is 59.2. The third-order valence-electron chi connectivity index (χ3n) is 27.4. The first-order valence-electron chi connectivity index (χ1n) is 46.4. The predicted molar refractivity (Wildman–Crippen MR) is 509 cm³/mol. The van der Waals surface area contributed by atoms with Crippen LogP contribution in [0.1, 0.15) is 192 Å². The van der Waals surface area contributed by atoms with E-state index in [-0.39, 0.29) is 77.6 Å². The number of anilines is 4. The van der Waals surface area contributed by atoms with Crippen molar-refractivity contribution in [2.75, 3.05) is 123 Å². The minimum atomic E-state index is -3.34. The lowest BCUT2D eigenvalue weighted by atomic mass is 9.78. The first kappa shape index (κ1) is 97.6. The number of benzene rings is 4. The second-order valence-electron chi connectivity index (χ2n) is 37.4. The van der Waals surface area contributed by atoms with Gasteiger partial charge < -0.3 is 38.5 Å². The van der Waals surface area contributed by atoms with Gasteiger partial charge in [-0.1, -0.05) is 146 Å². The Kier molecular flexibility index (Phi) is 35.4. The summed E-state index contributed by atoms with van der Waals surface area (Å²) >= 11 is 0. The van der Waals surface area contributed by atoms with Crippen LogP contribution >= 0.6 is 0 Å². The van der Waals surface area contributed by atoms with E-state index in [0.29, 0.717) is 82.0 Å². The normalized spacial score (nSPS) is 27.3. The summed E-state index contributed by atoms with van der Waals surface area (Å²) in [5.74, 6) is 5.39. The van der Waals surface area contributed by atoms with Crippen molar-refractivity contribution in [3.63, 3.8) is 0 Å². The number of halogens is 1. The molecule has 128 heavy (non-hydrogen) atoms. The average molecular weight is 1830 g/mol. The van der Waals surface area contributed by atoms with Crippen molar-refractivity contribution in [3.8, 4) is 0 Å². The van der Waals surface area contributed by atoms with Gasteiger partial charge in [-0.3, -0.25) is 0 Å². The smallest absolute Gasteiger partial charge is 0.208 e. The van der Waals surface area contributed by atoms with Crippen LogP contribution in [0.2, 0.25) is 0 Å². The highest BCUT2D eigenvalue weighted by Crippen LogP contribution is 2.42. The third kappa shape index (κ3) is 29.8. The van der Waals surface area contributed by atoms with Gasteiger partial charge in [0.1, 0.15) is 17.5 Å². The van der Waals surface area contributed by atoms with E-state index in [1.54, 1.807) is 18.5 Å². The zero-order valence-electron chi connectivity index (χ0n) is 75.8. The van der Waals surface area contributed by atoms with E-state index >= 15 is 0 Å². The van der Waals surface area contributed by atoms with Gasteiger partial charge in [0.05, 0.1) is 75.9 Å². The molecule has 4 saturated heterocycles. The van der Waals surface area contributed by atoms with Gasteiger partial charge in [0, 0.05) is 124 Å². The van der Waals surface area contributed by atoms with Crippen molar-refractivity contribution in [1.82, 2.24) is 38.8 Å². The standard InChI is InChI=1S/3C25H35N3O3S.C24H32FN3O3S/c2*1-19-7-6-15-26-25(19)28-16-14-24(27-32(2,29)30)22(17-28)18-31-23-12-10-21(11-13-23)20-8-4-3-5-9-20;1-25(19-31-22-13-11-21(12-14-22)20-8-4-3-5-9-20)18-28(24-10-6-7-16-26-24)17-15-23(25)27-32(2,29)30;1-32(29,30)27-23-13-15-28(24-22(25)8-5-14-26-24)16-20(23)17-31-21-11-9-19(10-12-21)18-6-3-2-4-7-18/h2*3-9,15,21-24,27H,10-14,16-18H2,1-2H3;3-10,16,21-23,27H,11-15,17-19H2,1-2H3;2-8,14,19-21,23,27H,9-13,15-17H2,1H3/t2*21?,22?,23?,24-;21?,22?,23-,25-;19?,20?,21?,23-/m0000/s1. The van der Waals surface area contributed by atoms with Crippen molar-refractivity contribution < 1.29 is 57.0 Å². The maximum absolute atomic E-state index is 14.3. The molecule has 0 spiro atoms. The molecule has 0 bridgehead atoms. The Hall–Kier alpha value is -7.91. The summed E-state index contributed by atoms with van der Waals surface area (Å²) in [7, 11) is -13.2. The van der Waals surface area contributed by atoms with E-state index in [1.165, 1.54) is 53.3 Å². The SMILES string of the molecule is CS(=O)(=O)N[C@H]1CCN(c2ncccc2F)CC1COC1CCC(c2ccccc2)CC1.C[C@@]1(COC2CCC(c3ccccc3)CC2)CN(c2ccccn2)CC[C@@H]1NS(C)(=O)=O.Cc1cccnc1N1CC[C@H](NS(C)(=O)=O)C(COC2CCC(c3ccccc3)CC2)C1.Cc1cccnc1N1CC[C@H](NS(C)(=O)=O)C(COC2CCC(c3ccccc3)CC2)C1. The van der Waals surface area contributed by atoms with Crippen LogP contribution in [0, 0.1) is 42.8 Å². The monoisotopic (exact) mass is 1830 g/mol. The molecular formula is C99H137FN12O12S4. The zero-order chi connectivity index (χ0) is 90.3. The number of hydrogen-bond donors (Lipinski definition) is 4. The number of ether oxygens (including phenoxy) is 4. The Morgan fingerprint density at radius 1 is 0.344 bits per heavy atom. The van der Waals surface area contributed by atoms with Crippen LogP contribution in [-0.2, 0) is 59.0 Å². The lowest BCUT2D eigenvalue weighted by Gasteiger charge is -2.47. The van der Waals surface area contributed by atoms with Gasteiger partial charge in [-0.25, -0.2) is 76.9 Å². The number of nitrogens with zero attached hydrogens (tertiary/aromatic N) is 8. The fourth-order valence-electron chi connectivity index (χ4n) is 20.5. The van der Waals surface area contributed by atoms with Crippen LogP contribution in [0.25, 0.3) is 0 Å². The topological polar surface area (TPSA) is 286 Å². The first-order valence-corrected chi connectivity index (χ1v) is 54.0. The van der Waals surface area contributed by atoms with Crippen LogP contribution in [0.4, 0.5) is 27.7 Å². The molecule has 8 fully saturated rings. The number of aromatic nitrogens is 4. The van der Waals surface area contributed by atoms with Gasteiger partial charge in [0.25, 0.3) is 0 Å². The number of nitrogens with one attached hydrogen (secondary N) is 4. The van der Waals surface area contributed by atoms with Crippen LogP contribution in [-0.4, -0.2) is 206 Å². The summed E-state index contributed by atoms with van der Waals surface area (Å²) in [6.07, 6.45) is 33.0. The molecule has 8 aromatic rings. The third-order valence-corrected chi connectivity index (χ3v) is 30.3. The highest BCUT2D eigenvalue weighted by Gasteiger charge is 2.44. The quantitative estimate of drug-likeness (QED) is 0.0354. The van der Waals surface area contributed by atoms with E-state index in [9.17, 15) is 38.1 Å². The van der Waals surface area contributed by atoms with Crippen LogP contribution < -0.4 is 38.5 Å². The molecule has 29 heteroatoms. The zero-order valence-corrected chi connectivity index (χ0v) is 79.1. The molecule has 3 unspecified atom stereocenters. The minimum absolute atomic E-state index is 0.0771. The predicted octanol–water partition coefficient (Wildman–Crippen LogP) is 15.4. The molecule has 24 nitrogen and oxygen atoms in total. The van der Waals surface area contributed by atoms with Gasteiger partial charge in [-0.05, 0) is 236 Å². The van der Waals surface area contributed by atoms with Crippen LogP contribution in [0.3, 0.4) is 0 Å². The Labute approximate surface area is 762 Å². The highest BCUT2D eigenvalue weighted by atomic mass is 32.2. The second kappa shape index (κ2) is 46.4. The van der Waals surface area contributed by atoms with E-state index in [0.717, 1.165) is 183 Å². The maximum Gasteiger partial charge on any atom is 0.208 e. The van der Waals surface area contributed by atoms with Crippen molar-refractivity contribution in [3.05, 3.63) is 240 Å². The van der Waals surface area contributed by atoms with Crippen LogP contribution in [0.15, 0.2) is 201 Å². The molecule has 8 atom stereocenters. The molecule has 0 amide bonds. The molecule has 4 aromatic heterocycles. The van der Waals surface area contributed by atoms with Crippen molar-refractivity contribution in [2.24, 2.45) is 23.2 Å². The largest absolute Gasteiger partial charge is 0.378 e. The number of hydrogen-bond acceptors (Lipinski definition) is 20. The number of rotatable bonds is 28. The summed E-state index contributed by atoms with van der Waals surface area (Å²) in [6.45, 7) is 13.9. The lowest BCUT2D eigenvalue weighted by molar-refractivity contribution is -0.0344. The Balaban J connectivity index is 0.000000146. The summed E-state index contributed by atoms with van der Waals surface area (Å²) in [5, 5.41) is 0. The summed E-state index contributed by atoms with van der Waals surface area (Å²) in [4.78, 5) is 26.5. The Morgan fingerprint density at radius 2 is 0.648 bits per heavy atom. The van der Waals surface area contributed by atoms with Crippen molar-refractivity contribution in [1.29, 1.82) is 0 Å². The number of piperidine rings is 4. The Bertz CT molecular complexity index is 4800. The minimum Gasteiger partial charge on any atom is -0.378 e. The molecule has 4 aromatic carbocycles. The molecule has 16 rings (SSSR count). The second-order valence-corrected chi connectivity index (χ2v) is 44.5. The summed E-state index contributed by atoms with van der Waals surface area (Å²) < 4.78 is 147. The fourth-order valence-corrected chi connectivity index (χ4v) is 24.0. The fraction of sp³-hybridized carbons (Fsp3) is 0.556. The van der Waals surface area contributed by atoms with Crippen molar-refractivity contribution >= 4 is 63.4 Å². The maximum atomic E-state index is 14.3. The van der Waals surface area contributed by atoms with Crippen molar-refractivity contribution in [2.45, 2.75) is 221 Å². The summed E-state index contributed by atoms with van der Waals surface area (Å²) in [5.41, 5.74) is 7.61. The number of aryl methyl sites for hydroxylation is 2. The van der Waals surface area contributed by atoms with Gasteiger partial charge >= 0.3 is 0 Å². The molecule has 4 N–H and O–H groups in total. The van der Waals surface area contributed by atoms with Gasteiger partial charge in [0.2, 0.25) is 40.1 Å². The van der Waals surface area contributed by atoms with Gasteiger partial charge in [-0.2, -0.15) is 0 Å². The van der Waals surface area contributed by atoms with Gasteiger partial charge in [-0.15, -0.1) is 0 Å². The van der Waals surface area contributed by atoms with E-state index in [4.69, 9.17) is 18.9 Å². The molecule has 8 aliphatic rings. The molecule has 8 heterocycles. The van der Waals surface area contributed by atoms with Gasteiger partial charge in [0.15, 0.2) is 11.6 Å². The lowest BCUT2D eigenvalue weighted by Crippen LogP contribution is -2.59. The average Bonchev–Trinajstić information content (AvgIpc) is 0.754. The van der Waals surface area contributed by atoms with E-state index in [2.05, 4.69) is 202 Å². The number of pyridine rings is 4. The molecule has 4 aliphatic carbocycles. The number of sulfonamides is 4. The van der Waals surface area contributed by atoms with E-state index < -0.39 is 40.1 Å². The molecular weight excluding hydrogens is 1700 g/mol. The highest BCUT2D eigenvalue weighted by molar-refractivity contribution is 7.89. The molecule has 696 valence electrons. The first-order chi connectivity index (χ1) is 61.5. The Morgan fingerprint density at radius 3 is 0.969 bits per heavy atom. The van der Waals surface area contributed by atoms with E-state index in [1.807, 2.05) is 53.7 Å². The molecule has 4 saturated carbocycles. The van der Waals surface area contributed by atoms with Crippen LogP contribution in [0.5, 0.6) is 0 Å². The molecule has 4 aliphatic heterocycles.